The second-order valence-corrected chi connectivity index (χ2v) is 4.53. The Hall–Kier alpha value is -1.77. The molecule has 3 rings (SSSR count). The number of aromatic nitrogens is 1. The van der Waals surface area contributed by atoms with Crippen molar-refractivity contribution in [1.29, 1.82) is 0 Å². The molecule has 1 aliphatic rings. The number of anilines is 2. The molecule has 0 radical (unpaired) electrons. The monoisotopic (exact) mass is 213 g/mol. The molecule has 82 valence electrons. The molecule has 2 aromatic rings. The van der Waals surface area contributed by atoms with Crippen LogP contribution in [-0.2, 0) is 0 Å². The van der Waals surface area contributed by atoms with Gasteiger partial charge in [0, 0.05) is 5.39 Å². The largest absolute Gasteiger partial charge is 0.396 e. The van der Waals surface area contributed by atoms with Gasteiger partial charge in [-0.2, -0.15) is 0 Å². The minimum Gasteiger partial charge on any atom is -0.396 e. The van der Waals surface area contributed by atoms with Crippen molar-refractivity contribution in [2.24, 2.45) is 0 Å². The van der Waals surface area contributed by atoms with E-state index in [1.54, 1.807) is 6.20 Å². The van der Waals surface area contributed by atoms with Crippen molar-refractivity contribution in [3.05, 3.63) is 30.0 Å². The Morgan fingerprint density at radius 2 is 2.00 bits per heavy atom. The number of hydrogen-bond acceptors (Lipinski definition) is 3. The second-order valence-electron chi connectivity index (χ2n) is 4.53. The van der Waals surface area contributed by atoms with Crippen LogP contribution in [0.3, 0.4) is 0 Å². The molecular formula is C13H15N3. The summed E-state index contributed by atoms with van der Waals surface area (Å²) >= 11 is 0. The van der Waals surface area contributed by atoms with Crippen LogP contribution in [0.15, 0.2) is 24.4 Å². The van der Waals surface area contributed by atoms with E-state index in [1.807, 2.05) is 6.07 Å². The maximum Gasteiger partial charge on any atom is 0.0740 e. The molecule has 3 nitrogen and oxygen atoms in total. The topological polar surface area (TPSA) is 64.9 Å². The van der Waals surface area contributed by atoms with Crippen molar-refractivity contribution in [3.8, 4) is 0 Å². The van der Waals surface area contributed by atoms with Crippen LogP contribution in [0.25, 0.3) is 10.9 Å². The summed E-state index contributed by atoms with van der Waals surface area (Å²) in [5, 5.41) is 0.990. The zero-order chi connectivity index (χ0) is 11.1. The first kappa shape index (κ1) is 9.46. The van der Waals surface area contributed by atoms with Crippen LogP contribution in [0.4, 0.5) is 11.4 Å². The van der Waals surface area contributed by atoms with E-state index in [9.17, 15) is 0 Å². The molecule has 1 aromatic carbocycles. The van der Waals surface area contributed by atoms with Crippen LogP contribution in [0.2, 0.25) is 0 Å². The van der Waals surface area contributed by atoms with Gasteiger partial charge in [0.25, 0.3) is 0 Å². The fourth-order valence-corrected chi connectivity index (χ4v) is 2.24. The van der Waals surface area contributed by atoms with Gasteiger partial charge in [0.15, 0.2) is 0 Å². The fourth-order valence-electron chi connectivity index (χ4n) is 2.24. The zero-order valence-electron chi connectivity index (χ0n) is 9.11. The molecule has 0 unspecified atom stereocenters. The molecule has 0 spiro atoms. The van der Waals surface area contributed by atoms with Gasteiger partial charge in [-0.25, -0.2) is 0 Å². The highest BCUT2D eigenvalue weighted by Gasteiger charge is 2.19. The molecule has 1 heterocycles. The first-order valence-electron chi connectivity index (χ1n) is 5.69. The summed E-state index contributed by atoms with van der Waals surface area (Å²) in [7, 11) is 0. The lowest BCUT2D eigenvalue weighted by Crippen LogP contribution is -2.08. The molecule has 1 aliphatic carbocycles. The molecule has 3 heteroatoms. The third kappa shape index (κ3) is 1.32. The summed E-state index contributed by atoms with van der Waals surface area (Å²) in [6, 6.07) is 6.35. The SMILES string of the molecule is Nc1cnc2ccc(C3CCC3)cc2c1N. The molecule has 1 saturated carbocycles. The lowest BCUT2D eigenvalue weighted by Gasteiger charge is -2.26. The predicted octanol–water partition coefficient (Wildman–Crippen LogP) is 2.67. The number of rotatable bonds is 1. The highest BCUT2D eigenvalue weighted by molar-refractivity contribution is 5.95. The summed E-state index contributed by atoms with van der Waals surface area (Å²) in [4.78, 5) is 4.28. The summed E-state index contributed by atoms with van der Waals surface area (Å²) in [5.41, 5.74) is 15.3. The quantitative estimate of drug-likeness (QED) is 0.765. The summed E-state index contributed by atoms with van der Waals surface area (Å²) in [5.74, 6) is 0.713. The minimum absolute atomic E-state index is 0.568. The van der Waals surface area contributed by atoms with Crippen LogP contribution in [0.1, 0.15) is 30.7 Å². The van der Waals surface area contributed by atoms with E-state index < -0.39 is 0 Å². The fraction of sp³-hybridized carbons (Fsp3) is 0.308. The lowest BCUT2D eigenvalue weighted by molar-refractivity contribution is 0.420. The highest BCUT2D eigenvalue weighted by atomic mass is 14.8. The Balaban J connectivity index is 2.18. The number of pyridine rings is 1. The zero-order valence-corrected chi connectivity index (χ0v) is 9.11. The van der Waals surface area contributed by atoms with Gasteiger partial charge in [0.05, 0.1) is 23.1 Å². The molecule has 4 N–H and O–H groups in total. The first-order chi connectivity index (χ1) is 7.75. The number of nitrogens with zero attached hydrogens (tertiary/aromatic N) is 1. The Kier molecular flexibility index (Phi) is 1.99. The van der Waals surface area contributed by atoms with E-state index in [4.69, 9.17) is 11.5 Å². The Morgan fingerprint density at radius 3 is 2.69 bits per heavy atom. The first-order valence-corrected chi connectivity index (χ1v) is 5.69. The molecule has 0 atom stereocenters. The Morgan fingerprint density at radius 1 is 1.19 bits per heavy atom. The van der Waals surface area contributed by atoms with E-state index in [-0.39, 0.29) is 0 Å². The van der Waals surface area contributed by atoms with E-state index >= 15 is 0 Å². The van der Waals surface area contributed by atoms with Crippen LogP contribution < -0.4 is 11.5 Å². The number of nitrogens with two attached hydrogens (primary N) is 2. The average molecular weight is 213 g/mol. The Bertz CT molecular complexity index is 544. The number of hydrogen-bond donors (Lipinski definition) is 2. The van der Waals surface area contributed by atoms with E-state index in [1.165, 1.54) is 24.8 Å². The number of fused-ring (bicyclic) bond motifs is 1. The van der Waals surface area contributed by atoms with Crippen LogP contribution in [-0.4, -0.2) is 4.98 Å². The van der Waals surface area contributed by atoms with E-state index in [0.29, 0.717) is 17.3 Å². The Labute approximate surface area is 94.5 Å². The molecule has 1 aromatic heterocycles. The summed E-state index contributed by atoms with van der Waals surface area (Å²) < 4.78 is 0. The smallest absolute Gasteiger partial charge is 0.0740 e. The maximum atomic E-state index is 5.98. The van der Waals surface area contributed by atoms with Crippen molar-refractivity contribution in [2.75, 3.05) is 11.5 Å². The van der Waals surface area contributed by atoms with Gasteiger partial charge in [-0.3, -0.25) is 4.98 Å². The van der Waals surface area contributed by atoms with Crippen LogP contribution in [0, 0.1) is 0 Å². The normalized spacial score (nSPS) is 16.2. The second kappa shape index (κ2) is 3.37. The summed E-state index contributed by atoms with van der Waals surface area (Å²) in [6.07, 6.45) is 5.55. The number of nitrogen functional groups attached to an aromatic ring is 2. The van der Waals surface area contributed by atoms with Gasteiger partial charge < -0.3 is 11.5 Å². The van der Waals surface area contributed by atoms with E-state index in [0.717, 1.165) is 10.9 Å². The van der Waals surface area contributed by atoms with Gasteiger partial charge in [0.1, 0.15) is 0 Å². The van der Waals surface area contributed by atoms with Crippen LogP contribution >= 0.6 is 0 Å². The van der Waals surface area contributed by atoms with Crippen molar-refractivity contribution < 1.29 is 0 Å². The molecule has 0 amide bonds. The minimum atomic E-state index is 0.568. The van der Waals surface area contributed by atoms with Crippen LogP contribution in [0.5, 0.6) is 0 Å². The van der Waals surface area contributed by atoms with Gasteiger partial charge in [-0.05, 0) is 36.5 Å². The predicted molar refractivity (Wildman–Crippen MR) is 67.2 cm³/mol. The molecular weight excluding hydrogens is 198 g/mol. The van der Waals surface area contributed by atoms with Gasteiger partial charge in [0.2, 0.25) is 0 Å². The maximum absolute atomic E-state index is 5.98. The molecule has 16 heavy (non-hydrogen) atoms. The van der Waals surface area contributed by atoms with Crippen molar-refractivity contribution >= 4 is 22.3 Å². The molecule has 1 fully saturated rings. The van der Waals surface area contributed by atoms with Crippen molar-refractivity contribution in [2.45, 2.75) is 25.2 Å². The van der Waals surface area contributed by atoms with Gasteiger partial charge in [-0.15, -0.1) is 0 Å². The lowest BCUT2D eigenvalue weighted by atomic mass is 9.80. The molecule has 0 aliphatic heterocycles. The van der Waals surface area contributed by atoms with Crippen molar-refractivity contribution in [1.82, 2.24) is 4.98 Å². The van der Waals surface area contributed by atoms with E-state index in [2.05, 4.69) is 17.1 Å². The van der Waals surface area contributed by atoms with Crippen molar-refractivity contribution in [3.63, 3.8) is 0 Å². The standard InChI is InChI=1S/C13H15N3/c14-11-7-16-12-5-4-9(8-2-1-3-8)6-10(12)13(11)15/h4-8H,1-3,14H2,(H2,15,16). The number of benzene rings is 1. The molecule has 0 bridgehead atoms. The average Bonchev–Trinajstić information content (AvgIpc) is 2.22. The summed E-state index contributed by atoms with van der Waals surface area (Å²) in [6.45, 7) is 0. The third-order valence-corrected chi connectivity index (χ3v) is 3.54. The van der Waals surface area contributed by atoms with Gasteiger partial charge in [-0.1, -0.05) is 12.5 Å². The highest BCUT2D eigenvalue weighted by Crippen LogP contribution is 2.38. The molecule has 0 saturated heterocycles. The van der Waals surface area contributed by atoms with Gasteiger partial charge >= 0.3 is 0 Å². The third-order valence-electron chi connectivity index (χ3n) is 3.54.